The van der Waals surface area contributed by atoms with Crippen LogP contribution in [0.15, 0.2) is 30.3 Å². The smallest absolute Gasteiger partial charge is 0.0897 e. The molecule has 0 spiro atoms. The van der Waals surface area contributed by atoms with Crippen LogP contribution in [0, 0.1) is 0 Å². The molecule has 0 aliphatic rings. The van der Waals surface area contributed by atoms with E-state index in [1.54, 1.807) is 0 Å². The van der Waals surface area contributed by atoms with Crippen molar-refractivity contribution in [1.82, 2.24) is 5.32 Å². The van der Waals surface area contributed by atoms with Crippen molar-refractivity contribution in [3.63, 3.8) is 0 Å². The van der Waals surface area contributed by atoms with Crippen LogP contribution in [0.2, 0.25) is 0 Å². The van der Waals surface area contributed by atoms with Gasteiger partial charge in [0.1, 0.15) is 0 Å². The van der Waals surface area contributed by atoms with E-state index in [0.29, 0.717) is 25.8 Å². The highest BCUT2D eigenvalue weighted by molar-refractivity contribution is 5.14. The molecule has 3 heteroatoms. The van der Waals surface area contributed by atoms with E-state index in [-0.39, 0.29) is 0 Å². The monoisotopic (exact) mass is 251 g/mol. The highest BCUT2D eigenvalue weighted by atomic mass is 16.5. The molecule has 0 bridgehead atoms. The first-order valence-electron chi connectivity index (χ1n) is 6.75. The number of hydrogen-bond acceptors (Lipinski definition) is 3. The van der Waals surface area contributed by atoms with Gasteiger partial charge in [-0.25, -0.2) is 0 Å². The molecular formula is C15H25NO2. The molecule has 0 heterocycles. The Bertz CT molecular complexity index is 303. The number of benzene rings is 1. The summed E-state index contributed by atoms with van der Waals surface area (Å²) in [6.45, 7) is 5.74. The van der Waals surface area contributed by atoms with Gasteiger partial charge in [-0.05, 0) is 32.3 Å². The van der Waals surface area contributed by atoms with Crippen molar-refractivity contribution in [2.45, 2.75) is 38.8 Å². The molecule has 0 saturated heterocycles. The van der Waals surface area contributed by atoms with Gasteiger partial charge in [0.2, 0.25) is 0 Å². The van der Waals surface area contributed by atoms with Crippen molar-refractivity contribution in [2.24, 2.45) is 0 Å². The maximum Gasteiger partial charge on any atom is 0.0897 e. The van der Waals surface area contributed by atoms with Crippen molar-refractivity contribution in [3.05, 3.63) is 35.9 Å². The Morgan fingerprint density at radius 1 is 1.28 bits per heavy atom. The lowest BCUT2D eigenvalue weighted by Gasteiger charge is -2.17. The van der Waals surface area contributed by atoms with Gasteiger partial charge in [-0.1, -0.05) is 30.3 Å². The van der Waals surface area contributed by atoms with Gasteiger partial charge in [-0.3, -0.25) is 0 Å². The lowest BCUT2D eigenvalue weighted by molar-refractivity contribution is 0.0415. The number of aryl methyl sites for hydroxylation is 1. The van der Waals surface area contributed by atoms with Crippen molar-refractivity contribution in [3.8, 4) is 0 Å². The van der Waals surface area contributed by atoms with Crippen LogP contribution in [-0.4, -0.2) is 37.0 Å². The summed E-state index contributed by atoms with van der Waals surface area (Å²) in [6, 6.07) is 10.9. The Balaban J connectivity index is 2.12. The molecule has 0 radical (unpaired) electrons. The molecule has 1 aromatic rings. The largest absolute Gasteiger partial charge is 0.389 e. The standard InChI is InChI=1S/C15H25NO2/c1-3-18-12-15(17)11-16-13(2)9-10-14-7-5-4-6-8-14/h4-8,13,15-17H,3,9-12H2,1-2H3. The highest BCUT2D eigenvalue weighted by Gasteiger charge is 2.07. The molecule has 2 N–H and O–H groups in total. The average molecular weight is 251 g/mol. The summed E-state index contributed by atoms with van der Waals surface area (Å²) in [5, 5.41) is 13.0. The Morgan fingerprint density at radius 3 is 2.67 bits per heavy atom. The Kier molecular flexibility index (Phi) is 7.65. The number of hydrogen-bond donors (Lipinski definition) is 2. The van der Waals surface area contributed by atoms with E-state index in [1.807, 2.05) is 13.0 Å². The molecule has 1 aromatic carbocycles. The number of aliphatic hydroxyl groups excluding tert-OH is 1. The molecule has 0 fully saturated rings. The third-order valence-electron chi connectivity index (χ3n) is 2.93. The third-order valence-corrected chi connectivity index (χ3v) is 2.93. The number of nitrogens with one attached hydrogen (secondary N) is 1. The predicted octanol–water partition coefficient (Wildman–Crippen LogP) is 1.99. The van der Waals surface area contributed by atoms with Crippen LogP contribution in [0.3, 0.4) is 0 Å². The van der Waals surface area contributed by atoms with Crippen LogP contribution in [0.5, 0.6) is 0 Å². The minimum absolute atomic E-state index is 0.404. The molecule has 18 heavy (non-hydrogen) atoms. The van der Waals surface area contributed by atoms with Gasteiger partial charge in [-0.15, -0.1) is 0 Å². The van der Waals surface area contributed by atoms with E-state index in [9.17, 15) is 5.11 Å². The molecule has 2 atom stereocenters. The van der Waals surface area contributed by atoms with Gasteiger partial charge in [-0.2, -0.15) is 0 Å². The second-order valence-electron chi connectivity index (χ2n) is 4.65. The summed E-state index contributed by atoms with van der Waals surface area (Å²) in [6.07, 6.45) is 1.73. The SMILES string of the molecule is CCOCC(O)CNC(C)CCc1ccccc1. The zero-order valence-corrected chi connectivity index (χ0v) is 11.4. The number of rotatable bonds is 9. The molecule has 0 saturated carbocycles. The van der Waals surface area contributed by atoms with Gasteiger partial charge in [0.05, 0.1) is 12.7 Å². The van der Waals surface area contributed by atoms with E-state index < -0.39 is 6.10 Å². The fraction of sp³-hybridized carbons (Fsp3) is 0.600. The Labute approximate surface area is 110 Å². The topological polar surface area (TPSA) is 41.5 Å². The van der Waals surface area contributed by atoms with Gasteiger partial charge in [0, 0.05) is 19.2 Å². The maximum atomic E-state index is 9.63. The summed E-state index contributed by atoms with van der Waals surface area (Å²) >= 11 is 0. The Hall–Kier alpha value is -0.900. The molecule has 1 rings (SSSR count). The Morgan fingerprint density at radius 2 is 2.00 bits per heavy atom. The molecule has 3 nitrogen and oxygen atoms in total. The van der Waals surface area contributed by atoms with Gasteiger partial charge in [0.15, 0.2) is 0 Å². The second-order valence-corrected chi connectivity index (χ2v) is 4.65. The van der Waals surface area contributed by atoms with Crippen molar-refractivity contribution < 1.29 is 9.84 Å². The molecule has 0 aromatic heterocycles. The molecule has 102 valence electrons. The fourth-order valence-corrected chi connectivity index (χ4v) is 1.78. The minimum atomic E-state index is -0.413. The van der Waals surface area contributed by atoms with E-state index in [4.69, 9.17) is 4.74 Å². The average Bonchev–Trinajstić information content (AvgIpc) is 2.41. The highest BCUT2D eigenvalue weighted by Crippen LogP contribution is 2.04. The summed E-state index contributed by atoms with van der Waals surface area (Å²) < 4.78 is 5.17. The molecule has 0 amide bonds. The summed E-state index contributed by atoms with van der Waals surface area (Å²) in [7, 11) is 0. The number of aliphatic hydroxyl groups is 1. The molecule has 0 aliphatic carbocycles. The van der Waals surface area contributed by atoms with E-state index >= 15 is 0 Å². The van der Waals surface area contributed by atoms with Crippen molar-refractivity contribution in [1.29, 1.82) is 0 Å². The van der Waals surface area contributed by atoms with Crippen LogP contribution in [0.1, 0.15) is 25.8 Å². The van der Waals surface area contributed by atoms with Crippen LogP contribution >= 0.6 is 0 Å². The van der Waals surface area contributed by atoms with Gasteiger partial charge >= 0.3 is 0 Å². The maximum absolute atomic E-state index is 9.63. The van der Waals surface area contributed by atoms with Crippen LogP contribution in [0.4, 0.5) is 0 Å². The van der Waals surface area contributed by atoms with Gasteiger partial charge in [0.25, 0.3) is 0 Å². The quantitative estimate of drug-likeness (QED) is 0.705. The molecule has 0 aliphatic heterocycles. The third kappa shape index (κ3) is 6.74. The number of ether oxygens (including phenoxy) is 1. The summed E-state index contributed by atoms with van der Waals surface area (Å²) in [5.41, 5.74) is 1.36. The fourth-order valence-electron chi connectivity index (χ4n) is 1.78. The summed E-state index contributed by atoms with van der Waals surface area (Å²) in [5.74, 6) is 0. The first kappa shape index (κ1) is 15.2. The zero-order chi connectivity index (χ0) is 13.2. The molecular weight excluding hydrogens is 226 g/mol. The first-order valence-corrected chi connectivity index (χ1v) is 6.75. The normalized spacial score (nSPS) is 14.4. The lowest BCUT2D eigenvalue weighted by Crippen LogP contribution is -2.36. The van der Waals surface area contributed by atoms with Crippen LogP contribution in [0.25, 0.3) is 0 Å². The first-order chi connectivity index (χ1) is 8.72. The van der Waals surface area contributed by atoms with Crippen LogP contribution < -0.4 is 5.32 Å². The van der Waals surface area contributed by atoms with Crippen molar-refractivity contribution >= 4 is 0 Å². The molecule has 2 unspecified atom stereocenters. The lowest BCUT2D eigenvalue weighted by atomic mass is 10.1. The second kappa shape index (κ2) is 9.09. The van der Waals surface area contributed by atoms with E-state index in [1.165, 1.54) is 5.56 Å². The zero-order valence-electron chi connectivity index (χ0n) is 11.4. The van der Waals surface area contributed by atoms with E-state index in [2.05, 4.69) is 36.5 Å². The van der Waals surface area contributed by atoms with Crippen LogP contribution in [-0.2, 0) is 11.2 Å². The van der Waals surface area contributed by atoms with Gasteiger partial charge < -0.3 is 15.2 Å². The van der Waals surface area contributed by atoms with E-state index in [0.717, 1.165) is 12.8 Å². The van der Waals surface area contributed by atoms with Crippen molar-refractivity contribution in [2.75, 3.05) is 19.8 Å². The predicted molar refractivity (Wildman–Crippen MR) is 74.7 cm³/mol. The summed E-state index contributed by atoms with van der Waals surface area (Å²) in [4.78, 5) is 0. The minimum Gasteiger partial charge on any atom is -0.389 e.